The first-order valence-electron chi connectivity index (χ1n) is 8.73. The van der Waals surface area contributed by atoms with Crippen LogP contribution < -0.4 is 30.2 Å². The van der Waals surface area contributed by atoms with E-state index in [9.17, 15) is 9.59 Å². The van der Waals surface area contributed by atoms with Gasteiger partial charge in [-0.1, -0.05) is 6.07 Å². The van der Waals surface area contributed by atoms with Crippen molar-refractivity contribution in [1.29, 1.82) is 0 Å². The molecule has 0 bridgehead atoms. The van der Waals surface area contributed by atoms with Gasteiger partial charge in [0, 0.05) is 36.3 Å². The van der Waals surface area contributed by atoms with Gasteiger partial charge in [0.05, 0.1) is 27.9 Å². The predicted molar refractivity (Wildman–Crippen MR) is 110 cm³/mol. The third-order valence-corrected chi connectivity index (χ3v) is 3.82. The van der Waals surface area contributed by atoms with Crippen LogP contribution in [0.5, 0.6) is 17.2 Å². The van der Waals surface area contributed by atoms with Crippen LogP contribution in [0.2, 0.25) is 0 Å². The summed E-state index contributed by atoms with van der Waals surface area (Å²) in [5, 5.41) is 8.48. The van der Waals surface area contributed by atoms with Crippen molar-refractivity contribution in [2.45, 2.75) is 0 Å². The van der Waals surface area contributed by atoms with E-state index >= 15 is 0 Å². The summed E-state index contributed by atoms with van der Waals surface area (Å²) in [7, 11) is 5.96. The SMILES string of the molecule is COCC(=O)Nc1cccc(NCC(=O)Nc2cc(OC)c(OC)c(OC)c2)c1. The molecular formula is C20H25N3O6. The van der Waals surface area contributed by atoms with Crippen LogP contribution in [0.4, 0.5) is 17.1 Å². The number of ether oxygens (including phenoxy) is 4. The molecule has 0 saturated carbocycles. The van der Waals surface area contributed by atoms with E-state index in [0.29, 0.717) is 34.3 Å². The van der Waals surface area contributed by atoms with Gasteiger partial charge in [0.1, 0.15) is 6.61 Å². The Morgan fingerprint density at radius 3 is 2.00 bits per heavy atom. The van der Waals surface area contributed by atoms with Crippen molar-refractivity contribution in [3.8, 4) is 17.2 Å². The number of amides is 2. The normalized spacial score (nSPS) is 10.1. The summed E-state index contributed by atoms with van der Waals surface area (Å²) in [6.07, 6.45) is 0. The Labute approximate surface area is 169 Å². The van der Waals surface area contributed by atoms with Crippen molar-refractivity contribution in [1.82, 2.24) is 0 Å². The van der Waals surface area contributed by atoms with Crippen LogP contribution in [-0.4, -0.2) is 53.4 Å². The summed E-state index contributed by atoms with van der Waals surface area (Å²) < 4.78 is 20.6. The Kier molecular flexibility index (Phi) is 8.11. The number of anilines is 3. The number of hydrogen-bond acceptors (Lipinski definition) is 7. The summed E-state index contributed by atoms with van der Waals surface area (Å²) in [6, 6.07) is 10.3. The van der Waals surface area contributed by atoms with Crippen LogP contribution in [0.25, 0.3) is 0 Å². The maximum absolute atomic E-state index is 12.3. The maximum atomic E-state index is 12.3. The molecule has 0 fully saturated rings. The maximum Gasteiger partial charge on any atom is 0.250 e. The molecule has 9 heteroatoms. The highest BCUT2D eigenvalue weighted by Gasteiger charge is 2.14. The fraction of sp³-hybridized carbons (Fsp3) is 0.300. The molecule has 0 unspecified atom stereocenters. The third kappa shape index (κ3) is 6.28. The topological polar surface area (TPSA) is 107 Å². The Morgan fingerprint density at radius 2 is 1.41 bits per heavy atom. The molecular weight excluding hydrogens is 378 g/mol. The van der Waals surface area contributed by atoms with E-state index in [1.54, 1.807) is 36.4 Å². The zero-order valence-corrected chi connectivity index (χ0v) is 16.8. The zero-order chi connectivity index (χ0) is 21.2. The van der Waals surface area contributed by atoms with Gasteiger partial charge in [0.25, 0.3) is 0 Å². The Morgan fingerprint density at radius 1 is 0.793 bits per heavy atom. The zero-order valence-electron chi connectivity index (χ0n) is 16.8. The van der Waals surface area contributed by atoms with Gasteiger partial charge in [-0.3, -0.25) is 9.59 Å². The summed E-state index contributed by atoms with van der Waals surface area (Å²) in [4.78, 5) is 23.9. The molecule has 156 valence electrons. The molecule has 0 atom stereocenters. The first-order valence-corrected chi connectivity index (χ1v) is 8.73. The number of methoxy groups -OCH3 is 4. The number of carbonyl (C=O) groups excluding carboxylic acids is 2. The molecule has 2 aromatic rings. The second-order valence-electron chi connectivity index (χ2n) is 5.88. The Hall–Kier alpha value is -3.46. The number of rotatable bonds is 10. The van der Waals surface area contributed by atoms with Crippen LogP contribution in [-0.2, 0) is 14.3 Å². The lowest BCUT2D eigenvalue weighted by Crippen LogP contribution is -2.22. The van der Waals surface area contributed by atoms with Crippen LogP contribution in [0.3, 0.4) is 0 Å². The highest BCUT2D eigenvalue weighted by Crippen LogP contribution is 2.39. The number of nitrogens with one attached hydrogen (secondary N) is 3. The van der Waals surface area contributed by atoms with Gasteiger partial charge in [0.2, 0.25) is 17.6 Å². The highest BCUT2D eigenvalue weighted by atomic mass is 16.5. The lowest BCUT2D eigenvalue weighted by atomic mass is 10.2. The minimum Gasteiger partial charge on any atom is -0.493 e. The van der Waals surface area contributed by atoms with Gasteiger partial charge in [-0.15, -0.1) is 0 Å². The van der Waals surface area contributed by atoms with Crippen molar-refractivity contribution in [3.63, 3.8) is 0 Å². The molecule has 0 heterocycles. The molecule has 0 saturated heterocycles. The molecule has 0 aliphatic heterocycles. The molecule has 29 heavy (non-hydrogen) atoms. The molecule has 2 aromatic carbocycles. The quantitative estimate of drug-likeness (QED) is 0.559. The second kappa shape index (κ2) is 10.8. The van der Waals surface area contributed by atoms with E-state index in [-0.39, 0.29) is 25.0 Å². The lowest BCUT2D eigenvalue weighted by Gasteiger charge is -2.15. The second-order valence-corrected chi connectivity index (χ2v) is 5.88. The van der Waals surface area contributed by atoms with Crippen LogP contribution in [0.15, 0.2) is 36.4 Å². The highest BCUT2D eigenvalue weighted by molar-refractivity contribution is 5.95. The van der Waals surface area contributed by atoms with Crippen LogP contribution >= 0.6 is 0 Å². The van der Waals surface area contributed by atoms with Gasteiger partial charge in [0.15, 0.2) is 11.5 Å². The number of benzene rings is 2. The fourth-order valence-corrected chi connectivity index (χ4v) is 2.58. The monoisotopic (exact) mass is 403 g/mol. The predicted octanol–water partition coefficient (Wildman–Crippen LogP) is 2.35. The van der Waals surface area contributed by atoms with E-state index < -0.39 is 0 Å². The van der Waals surface area contributed by atoms with E-state index in [2.05, 4.69) is 16.0 Å². The van der Waals surface area contributed by atoms with Crippen molar-refractivity contribution in [2.24, 2.45) is 0 Å². The first kappa shape index (κ1) is 21.8. The van der Waals surface area contributed by atoms with Crippen molar-refractivity contribution >= 4 is 28.9 Å². The van der Waals surface area contributed by atoms with Crippen molar-refractivity contribution in [2.75, 3.05) is 57.5 Å². The van der Waals surface area contributed by atoms with Gasteiger partial charge < -0.3 is 34.9 Å². The average molecular weight is 403 g/mol. The largest absolute Gasteiger partial charge is 0.493 e. The molecule has 9 nitrogen and oxygen atoms in total. The molecule has 0 aromatic heterocycles. The Bertz CT molecular complexity index is 831. The minimum atomic E-state index is -0.270. The number of hydrogen-bond donors (Lipinski definition) is 3. The molecule has 0 aliphatic carbocycles. The van der Waals surface area contributed by atoms with Gasteiger partial charge in [-0.25, -0.2) is 0 Å². The minimum absolute atomic E-state index is 0.0200. The van der Waals surface area contributed by atoms with Crippen LogP contribution in [0.1, 0.15) is 0 Å². The molecule has 2 amide bonds. The number of carbonyl (C=O) groups is 2. The third-order valence-electron chi connectivity index (χ3n) is 3.82. The fourth-order valence-electron chi connectivity index (χ4n) is 2.58. The molecule has 3 N–H and O–H groups in total. The van der Waals surface area contributed by atoms with Crippen molar-refractivity contribution < 1.29 is 28.5 Å². The van der Waals surface area contributed by atoms with Gasteiger partial charge in [-0.05, 0) is 18.2 Å². The van der Waals surface area contributed by atoms with E-state index in [1.807, 2.05) is 0 Å². The average Bonchev–Trinajstić information content (AvgIpc) is 2.71. The van der Waals surface area contributed by atoms with Crippen molar-refractivity contribution in [3.05, 3.63) is 36.4 Å². The van der Waals surface area contributed by atoms with Gasteiger partial charge >= 0.3 is 0 Å². The Balaban J connectivity index is 1.99. The van der Waals surface area contributed by atoms with E-state index in [0.717, 1.165) is 0 Å². The van der Waals surface area contributed by atoms with E-state index in [4.69, 9.17) is 18.9 Å². The molecule has 2 rings (SSSR count). The lowest BCUT2D eigenvalue weighted by molar-refractivity contribution is -0.119. The summed E-state index contributed by atoms with van der Waals surface area (Å²) in [5.41, 5.74) is 1.79. The molecule has 0 aliphatic rings. The smallest absolute Gasteiger partial charge is 0.250 e. The molecule has 0 radical (unpaired) electrons. The summed E-state index contributed by atoms with van der Waals surface area (Å²) in [5.74, 6) is 0.792. The summed E-state index contributed by atoms with van der Waals surface area (Å²) in [6.45, 7) is -0.0129. The standard InChI is InChI=1S/C20H25N3O6/c1-26-12-19(25)22-14-7-5-6-13(8-14)21-11-18(24)23-15-9-16(27-2)20(29-4)17(10-15)28-3/h5-10,21H,11-12H2,1-4H3,(H,22,25)(H,23,24). The van der Waals surface area contributed by atoms with E-state index in [1.165, 1.54) is 28.4 Å². The molecule has 0 spiro atoms. The first-order chi connectivity index (χ1) is 14.0. The van der Waals surface area contributed by atoms with Crippen LogP contribution in [0, 0.1) is 0 Å². The summed E-state index contributed by atoms with van der Waals surface area (Å²) >= 11 is 0. The van der Waals surface area contributed by atoms with Gasteiger partial charge in [-0.2, -0.15) is 0 Å².